The molecular formula is C14H24ClN3O. The van der Waals surface area contributed by atoms with Gasteiger partial charge >= 0.3 is 0 Å². The molecule has 0 saturated heterocycles. The number of halogens is 1. The maximum atomic E-state index is 6.13. The lowest BCUT2D eigenvalue weighted by Gasteiger charge is -2.12. The van der Waals surface area contributed by atoms with Crippen LogP contribution in [0.15, 0.2) is 12.3 Å². The number of likely N-dealkylation sites (N-methyl/N-ethyl adjacent to an activating group) is 1. The van der Waals surface area contributed by atoms with Gasteiger partial charge in [-0.1, -0.05) is 25.4 Å². The lowest BCUT2D eigenvalue weighted by Crippen LogP contribution is -2.20. The molecule has 1 rings (SSSR count). The van der Waals surface area contributed by atoms with Gasteiger partial charge in [-0.2, -0.15) is 0 Å². The monoisotopic (exact) mass is 285 g/mol. The first-order valence-electron chi connectivity index (χ1n) is 6.61. The van der Waals surface area contributed by atoms with Crippen molar-refractivity contribution in [1.82, 2.24) is 15.2 Å². The molecule has 1 aromatic rings. The number of hydrogen-bond donors (Lipinski definition) is 1. The molecule has 0 spiro atoms. The van der Waals surface area contributed by atoms with E-state index in [1.165, 1.54) is 0 Å². The molecule has 0 saturated carbocycles. The van der Waals surface area contributed by atoms with Crippen LogP contribution in [0.2, 0.25) is 5.02 Å². The van der Waals surface area contributed by atoms with Crippen molar-refractivity contribution in [1.29, 1.82) is 0 Å². The number of aromatic nitrogens is 1. The normalized spacial score (nSPS) is 11.3. The van der Waals surface area contributed by atoms with E-state index in [4.69, 9.17) is 16.3 Å². The van der Waals surface area contributed by atoms with Crippen LogP contribution in [0.25, 0.3) is 0 Å². The Morgan fingerprint density at radius 1 is 1.42 bits per heavy atom. The molecule has 1 heterocycles. The van der Waals surface area contributed by atoms with E-state index in [1.54, 1.807) is 6.20 Å². The first-order valence-corrected chi connectivity index (χ1v) is 6.99. The maximum absolute atomic E-state index is 6.13. The standard InChI is InChI=1S/C14H24ClN3O/c1-11(2)8-16-9-12-7-14(17-10-13(12)15)19-6-5-18(3)4/h7,10-11,16H,5-6,8-9H2,1-4H3. The third-order valence-corrected chi connectivity index (χ3v) is 2.91. The van der Waals surface area contributed by atoms with Gasteiger partial charge in [-0.05, 0) is 32.1 Å². The lowest BCUT2D eigenvalue weighted by molar-refractivity contribution is 0.253. The summed E-state index contributed by atoms with van der Waals surface area (Å²) in [5.74, 6) is 1.25. The molecule has 0 atom stereocenters. The Hall–Kier alpha value is -0.840. The number of nitrogens with zero attached hydrogens (tertiary/aromatic N) is 2. The quantitative estimate of drug-likeness (QED) is 0.796. The van der Waals surface area contributed by atoms with Gasteiger partial charge in [-0.15, -0.1) is 0 Å². The van der Waals surface area contributed by atoms with E-state index in [0.29, 0.717) is 23.4 Å². The fourth-order valence-electron chi connectivity index (χ4n) is 1.50. The van der Waals surface area contributed by atoms with Crippen molar-refractivity contribution >= 4 is 11.6 Å². The highest BCUT2D eigenvalue weighted by Crippen LogP contribution is 2.19. The van der Waals surface area contributed by atoms with Gasteiger partial charge < -0.3 is 15.0 Å². The SMILES string of the molecule is CC(C)CNCc1cc(OCCN(C)C)ncc1Cl. The van der Waals surface area contributed by atoms with Gasteiger partial charge in [0.25, 0.3) is 0 Å². The molecule has 0 fully saturated rings. The van der Waals surface area contributed by atoms with Gasteiger partial charge in [-0.3, -0.25) is 0 Å². The molecule has 0 bridgehead atoms. The van der Waals surface area contributed by atoms with Crippen LogP contribution in [0.1, 0.15) is 19.4 Å². The Morgan fingerprint density at radius 3 is 2.79 bits per heavy atom. The summed E-state index contributed by atoms with van der Waals surface area (Å²) in [6, 6.07) is 1.91. The fraction of sp³-hybridized carbons (Fsp3) is 0.643. The molecule has 0 aliphatic heterocycles. The molecule has 0 radical (unpaired) electrons. The third-order valence-electron chi connectivity index (χ3n) is 2.57. The molecule has 0 aliphatic rings. The Balaban J connectivity index is 2.51. The molecule has 4 nitrogen and oxygen atoms in total. The Bertz CT molecular complexity index is 383. The smallest absolute Gasteiger partial charge is 0.213 e. The second kappa shape index (κ2) is 8.35. The maximum Gasteiger partial charge on any atom is 0.213 e. The number of ether oxygens (including phenoxy) is 1. The van der Waals surface area contributed by atoms with Gasteiger partial charge in [0.15, 0.2) is 0 Å². The molecular weight excluding hydrogens is 262 g/mol. The summed E-state index contributed by atoms with van der Waals surface area (Å²) in [4.78, 5) is 6.25. The summed E-state index contributed by atoms with van der Waals surface area (Å²) in [6.45, 7) is 7.55. The average Bonchev–Trinajstić information content (AvgIpc) is 2.32. The van der Waals surface area contributed by atoms with E-state index >= 15 is 0 Å². The van der Waals surface area contributed by atoms with Crippen LogP contribution >= 0.6 is 11.6 Å². The number of hydrogen-bond acceptors (Lipinski definition) is 4. The third kappa shape index (κ3) is 6.76. The predicted molar refractivity (Wildman–Crippen MR) is 79.8 cm³/mol. The molecule has 0 unspecified atom stereocenters. The van der Waals surface area contributed by atoms with Gasteiger partial charge in [0.2, 0.25) is 5.88 Å². The minimum absolute atomic E-state index is 0.622. The van der Waals surface area contributed by atoms with Crippen LogP contribution in [-0.2, 0) is 6.54 Å². The van der Waals surface area contributed by atoms with Gasteiger partial charge in [0, 0.05) is 25.4 Å². The van der Waals surface area contributed by atoms with E-state index < -0.39 is 0 Å². The topological polar surface area (TPSA) is 37.4 Å². The van der Waals surface area contributed by atoms with Gasteiger partial charge in [0.05, 0.1) is 5.02 Å². The molecule has 1 N–H and O–H groups in total. The van der Waals surface area contributed by atoms with Crippen molar-refractivity contribution in [2.24, 2.45) is 5.92 Å². The summed E-state index contributed by atoms with van der Waals surface area (Å²) in [7, 11) is 4.03. The van der Waals surface area contributed by atoms with Crippen molar-refractivity contribution in [3.05, 3.63) is 22.8 Å². The van der Waals surface area contributed by atoms with Crippen LogP contribution in [0, 0.1) is 5.92 Å². The number of nitrogens with one attached hydrogen (secondary N) is 1. The average molecular weight is 286 g/mol. The second-order valence-electron chi connectivity index (χ2n) is 5.29. The van der Waals surface area contributed by atoms with Crippen molar-refractivity contribution in [3.63, 3.8) is 0 Å². The van der Waals surface area contributed by atoms with Crippen LogP contribution in [0.3, 0.4) is 0 Å². The first-order chi connectivity index (χ1) is 8.99. The molecule has 5 heteroatoms. The van der Waals surface area contributed by atoms with E-state index in [1.807, 2.05) is 20.2 Å². The molecule has 19 heavy (non-hydrogen) atoms. The van der Waals surface area contributed by atoms with Crippen LogP contribution in [0.5, 0.6) is 5.88 Å². The minimum Gasteiger partial charge on any atom is -0.476 e. The van der Waals surface area contributed by atoms with Crippen LogP contribution in [-0.4, -0.2) is 43.7 Å². The summed E-state index contributed by atoms with van der Waals surface area (Å²) in [5, 5.41) is 4.04. The highest BCUT2D eigenvalue weighted by atomic mass is 35.5. The van der Waals surface area contributed by atoms with Crippen molar-refractivity contribution in [2.75, 3.05) is 33.8 Å². The van der Waals surface area contributed by atoms with E-state index in [2.05, 4.69) is 29.0 Å². The van der Waals surface area contributed by atoms with E-state index in [-0.39, 0.29) is 0 Å². The first kappa shape index (κ1) is 16.2. The summed E-state index contributed by atoms with van der Waals surface area (Å²) >= 11 is 6.13. The second-order valence-corrected chi connectivity index (χ2v) is 5.70. The fourth-order valence-corrected chi connectivity index (χ4v) is 1.67. The van der Waals surface area contributed by atoms with E-state index in [0.717, 1.165) is 25.2 Å². The van der Waals surface area contributed by atoms with E-state index in [9.17, 15) is 0 Å². The molecule has 108 valence electrons. The molecule has 1 aromatic heterocycles. The number of pyridine rings is 1. The number of rotatable bonds is 8. The summed E-state index contributed by atoms with van der Waals surface area (Å²) < 4.78 is 5.60. The molecule has 0 aliphatic carbocycles. The van der Waals surface area contributed by atoms with Crippen molar-refractivity contribution in [3.8, 4) is 5.88 Å². The minimum atomic E-state index is 0.622. The van der Waals surface area contributed by atoms with Crippen LogP contribution < -0.4 is 10.1 Å². The van der Waals surface area contributed by atoms with Crippen molar-refractivity contribution in [2.45, 2.75) is 20.4 Å². The summed E-state index contributed by atoms with van der Waals surface area (Å²) in [6.07, 6.45) is 1.65. The van der Waals surface area contributed by atoms with Gasteiger partial charge in [-0.25, -0.2) is 4.98 Å². The van der Waals surface area contributed by atoms with Crippen molar-refractivity contribution < 1.29 is 4.74 Å². The Labute approximate surface area is 121 Å². The largest absolute Gasteiger partial charge is 0.476 e. The lowest BCUT2D eigenvalue weighted by atomic mass is 10.2. The van der Waals surface area contributed by atoms with Gasteiger partial charge in [0.1, 0.15) is 6.61 Å². The Morgan fingerprint density at radius 2 is 2.16 bits per heavy atom. The zero-order valence-electron chi connectivity index (χ0n) is 12.2. The molecule has 0 aromatic carbocycles. The van der Waals surface area contributed by atoms with Crippen LogP contribution in [0.4, 0.5) is 0 Å². The highest BCUT2D eigenvalue weighted by Gasteiger charge is 2.05. The Kier molecular flexibility index (Phi) is 7.13. The summed E-state index contributed by atoms with van der Waals surface area (Å²) in [5.41, 5.74) is 1.03. The zero-order chi connectivity index (χ0) is 14.3. The predicted octanol–water partition coefficient (Wildman–Crippen LogP) is 2.42. The zero-order valence-corrected chi connectivity index (χ0v) is 13.0. The molecule has 0 amide bonds. The highest BCUT2D eigenvalue weighted by molar-refractivity contribution is 6.31.